The van der Waals surface area contributed by atoms with Gasteiger partial charge in [-0.2, -0.15) is 0 Å². The molecule has 0 radical (unpaired) electrons. The summed E-state index contributed by atoms with van der Waals surface area (Å²) in [5.74, 6) is -0.166. The number of amides is 2. The highest BCUT2D eigenvalue weighted by atomic mass is 32.2. The van der Waals surface area contributed by atoms with Crippen molar-refractivity contribution in [3.8, 4) is 0 Å². The minimum atomic E-state index is -0.176. The van der Waals surface area contributed by atoms with Crippen LogP contribution in [-0.4, -0.2) is 23.3 Å². The Bertz CT molecular complexity index is 1160. The lowest BCUT2D eigenvalue weighted by Crippen LogP contribution is -2.41. The maximum Gasteiger partial charge on any atom is 0.239 e. The largest absolute Gasteiger partial charge is 0.331 e. The lowest BCUT2D eigenvalue weighted by Gasteiger charge is -2.36. The van der Waals surface area contributed by atoms with E-state index in [9.17, 15) is 9.59 Å². The number of para-hydroxylation sites is 2. The zero-order chi connectivity index (χ0) is 22.1. The van der Waals surface area contributed by atoms with Crippen LogP contribution in [0.5, 0.6) is 0 Å². The molecule has 1 unspecified atom stereocenters. The van der Waals surface area contributed by atoms with Gasteiger partial charge >= 0.3 is 0 Å². The van der Waals surface area contributed by atoms with Crippen LogP contribution in [0.3, 0.4) is 0 Å². The van der Waals surface area contributed by atoms with E-state index in [-0.39, 0.29) is 30.7 Å². The van der Waals surface area contributed by atoms with Gasteiger partial charge in [-0.15, -0.1) is 11.3 Å². The van der Waals surface area contributed by atoms with Gasteiger partial charge < -0.3 is 9.62 Å². The Morgan fingerprint density at radius 3 is 2.88 bits per heavy atom. The van der Waals surface area contributed by atoms with E-state index < -0.39 is 0 Å². The summed E-state index contributed by atoms with van der Waals surface area (Å²) in [7, 11) is 0. The Labute approximate surface area is 195 Å². The predicted molar refractivity (Wildman–Crippen MR) is 130 cm³/mol. The van der Waals surface area contributed by atoms with Crippen LogP contribution in [0.4, 0.5) is 11.4 Å². The number of benzene rings is 2. The van der Waals surface area contributed by atoms with Crippen molar-refractivity contribution in [2.24, 2.45) is 0 Å². The van der Waals surface area contributed by atoms with Crippen molar-refractivity contribution in [1.29, 1.82) is 0 Å². The first kappa shape index (κ1) is 20.9. The number of carbonyl (C=O) groups excluding carboxylic acids is 2. The number of aryl methyl sites for hydroxylation is 1. The number of carbonyl (C=O) groups is 2. The second kappa shape index (κ2) is 8.88. The average Bonchev–Trinajstić information content (AvgIpc) is 3.44. The van der Waals surface area contributed by atoms with Crippen LogP contribution in [-0.2, 0) is 16.0 Å². The molecule has 164 valence electrons. The molecule has 1 aromatic heterocycles. The molecular formula is C24H24N4O2S2. The van der Waals surface area contributed by atoms with Crippen LogP contribution in [0.1, 0.15) is 40.5 Å². The van der Waals surface area contributed by atoms with Crippen LogP contribution >= 0.6 is 23.5 Å². The van der Waals surface area contributed by atoms with Crippen LogP contribution in [0.25, 0.3) is 0 Å². The molecule has 0 fully saturated rings. The second-order valence-corrected chi connectivity index (χ2v) is 9.75. The van der Waals surface area contributed by atoms with Crippen LogP contribution in [0.2, 0.25) is 0 Å². The first-order chi connectivity index (χ1) is 15.6. The minimum Gasteiger partial charge on any atom is -0.331 e. The molecule has 2 aliphatic heterocycles. The summed E-state index contributed by atoms with van der Waals surface area (Å²) in [6.45, 7) is 2.74. The van der Waals surface area contributed by atoms with Gasteiger partial charge in [0.15, 0.2) is 0 Å². The van der Waals surface area contributed by atoms with E-state index in [1.54, 1.807) is 15.8 Å². The Kier molecular flexibility index (Phi) is 5.80. The SMILES string of the molecule is Cc1cccc(C2c3ccsc3CCN2C(=O)CCC(=O)NN2SNc3ccccc32)c1. The molecule has 32 heavy (non-hydrogen) atoms. The normalized spacial score (nSPS) is 16.8. The smallest absolute Gasteiger partial charge is 0.239 e. The zero-order valence-electron chi connectivity index (χ0n) is 17.7. The van der Waals surface area contributed by atoms with Crippen molar-refractivity contribution >= 4 is 46.7 Å². The molecule has 3 aromatic rings. The van der Waals surface area contributed by atoms with Crippen molar-refractivity contribution in [2.45, 2.75) is 32.2 Å². The van der Waals surface area contributed by atoms with E-state index in [4.69, 9.17) is 0 Å². The van der Waals surface area contributed by atoms with Crippen molar-refractivity contribution in [3.05, 3.63) is 81.5 Å². The van der Waals surface area contributed by atoms with Gasteiger partial charge in [-0.3, -0.25) is 15.0 Å². The summed E-state index contributed by atoms with van der Waals surface area (Å²) < 4.78 is 4.87. The highest BCUT2D eigenvalue weighted by Crippen LogP contribution is 2.39. The molecule has 8 heteroatoms. The van der Waals surface area contributed by atoms with Crippen LogP contribution < -0.4 is 14.6 Å². The third-order valence-electron chi connectivity index (χ3n) is 5.81. The van der Waals surface area contributed by atoms with Crippen molar-refractivity contribution < 1.29 is 9.59 Å². The Hall–Kier alpha value is -2.97. The van der Waals surface area contributed by atoms with E-state index in [1.165, 1.54) is 28.1 Å². The number of anilines is 2. The fourth-order valence-electron chi connectivity index (χ4n) is 4.28. The van der Waals surface area contributed by atoms with Gasteiger partial charge in [-0.05, 0) is 48.1 Å². The fourth-order valence-corrected chi connectivity index (χ4v) is 5.95. The molecule has 2 N–H and O–H groups in total. The van der Waals surface area contributed by atoms with Gasteiger partial charge in [-0.1, -0.05) is 42.0 Å². The topological polar surface area (TPSA) is 64.7 Å². The molecule has 0 spiro atoms. The van der Waals surface area contributed by atoms with Gasteiger partial charge in [0, 0.05) is 24.3 Å². The number of hydrogen-bond donors (Lipinski definition) is 2. The maximum atomic E-state index is 13.3. The number of nitrogens with one attached hydrogen (secondary N) is 2. The zero-order valence-corrected chi connectivity index (χ0v) is 19.3. The highest BCUT2D eigenvalue weighted by molar-refractivity contribution is 8.02. The molecule has 2 amide bonds. The first-order valence-electron chi connectivity index (χ1n) is 10.6. The number of rotatable bonds is 5. The van der Waals surface area contributed by atoms with Crippen molar-refractivity contribution in [2.75, 3.05) is 15.7 Å². The molecule has 5 rings (SSSR count). The summed E-state index contributed by atoms with van der Waals surface area (Å²) in [6.07, 6.45) is 1.19. The maximum absolute atomic E-state index is 13.3. The molecular weight excluding hydrogens is 440 g/mol. The highest BCUT2D eigenvalue weighted by Gasteiger charge is 2.33. The van der Waals surface area contributed by atoms with Gasteiger partial charge in [0.1, 0.15) is 0 Å². The molecule has 0 saturated carbocycles. The number of hydrogen-bond acceptors (Lipinski definition) is 6. The Morgan fingerprint density at radius 1 is 1.12 bits per heavy atom. The minimum absolute atomic E-state index is 0.0103. The third-order valence-corrected chi connectivity index (χ3v) is 7.58. The summed E-state index contributed by atoms with van der Waals surface area (Å²) in [4.78, 5) is 29.1. The molecule has 1 atom stereocenters. The molecule has 2 aromatic carbocycles. The molecule has 3 heterocycles. The molecule has 0 bridgehead atoms. The van der Waals surface area contributed by atoms with E-state index in [0.29, 0.717) is 6.54 Å². The van der Waals surface area contributed by atoms with Crippen LogP contribution in [0, 0.1) is 6.92 Å². The summed E-state index contributed by atoms with van der Waals surface area (Å²) in [5.41, 5.74) is 8.24. The average molecular weight is 465 g/mol. The lowest BCUT2D eigenvalue weighted by molar-refractivity contribution is -0.135. The molecule has 6 nitrogen and oxygen atoms in total. The first-order valence-corrected chi connectivity index (χ1v) is 12.3. The van der Waals surface area contributed by atoms with E-state index in [1.807, 2.05) is 35.2 Å². The predicted octanol–water partition coefficient (Wildman–Crippen LogP) is 4.84. The monoisotopic (exact) mass is 464 g/mol. The summed E-state index contributed by atoms with van der Waals surface area (Å²) in [5, 5.41) is 2.11. The van der Waals surface area contributed by atoms with Gasteiger partial charge in [0.25, 0.3) is 0 Å². The Morgan fingerprint density at radius 2 is 2.00 bits per heavy atom. The lowest BCUT2D eigenvalue weighted by atomic mass is 9.92. The second-order valence-electron chi connectivity index (χ2n) is 7.99. The standard InChI is InChI=1S/C24H24N4O2S2/c1-16-5-4-6-17(15-16)24-18-12-14-31-21(18)11-13-27(24)23(30)10-9-22(29)25-28-20-8-3-2-7-19(20)26-32-28/h2-8,12,14-15,24,26H,9-11,13H2,1H3,(H,25,29). The van der Waals surface area contributed by atoms with Crippen molar-refractivity contribution in [3.63, 3.8) is 0 Å². The third kappa shape index (κ3) is 4.08. The van der Waals surface area contributed by atoms with Crippen molar-refractivity contribution in [1.82, 2.24) is 10.3 Å². The van der Waals surface area contributed by atoms with Gasteiger partial charge in [0.2, 0.25) is 11.8 Å². The molecule has 0 saturated heterocycles. The van der Waals surface area contributed by atoms with E-state index in [2.05, 4.69) is 46.7 Å². The summed E-state index contributed by atoms with van der Waals surface area (Å²) in [6, 6.07) is 18.2. The summed E-state index contributed by atoms with van der Waals surface area (Å²) >= 11 is 3.07. The van der Waals surface area contributed by atoms with E-state index in [0.717, 1.165) is 23.4 Å². The molecule has 2 aliphatic rings. The van der Waals surface area contributed by atoms with Gasteiger partial charge in [0.05, 0.1) is 29.6 Å². The number of hydrazine groups is 1. The quantitative estimate of drug-likeness (QED) is 0.529. The Balaban J connectivity index is 1.27. The number of nitrogens with zero attached hydrogens (tertiary/aromatic N) is 2. The van der Waals surface area contributed by atoms with E-state index >= 15 is 0 Å². The molecule has 0 aliphatic carbocycles. The van der Waals surface area contributed by atoms with Crippen LogP contribution in [0.15, 0.2) is 60.0 Å². The number of fused-ring (bicyclic) bond motifs is 2. The number of thiophene rings is 1. The fraction of sp³-hybridized carbons (Fsp3) is 0.250. The van der Waals surface area contributed by atoms with Gasteiger partial charge in [-0.25, -0.2) is 4.41 Å².